The first-order valence-electron chi connectivity index (χ1n) is 2.77. The third-order valence-corrected chi connectivity index (χ3v) is 2.08. The number of rotatable bonds is 0. The zero-order chi connectivity index (χ0) is 4.91. The monoisotopic (exact) mass is 99.1 g/mol. The van der Waals surface area contributed by atoms with Crippen LogP contribution in [0.2, 0.25) is 0 Å². The van der Waals surface area contributed by atoms with E-state index in [2.05, 4.69) is 5.32 Å². The topological polar surface area (TPSA) is 32.3 Å². The maximum atomic E-state index is 8.87. The molecule has 0 amide bonds. The number of hydrogen-bond donors (Lipinski definition) is 2. The Labute approximate surface area is 42.5 Å². The van der Waals surface area contributed by atoms with Gasteiger partial charge in [-0.3, -0.25) is 0 Å². The molecule has 0 radical (unpaired) electrons. The van der Waals surface area contributed by atoms with Crippen LogP contribution in [0, 0.1) is 0 Å². The fourth-order valence-electron chi connectivity index (χ4n) is 1.19. The van der Waals surface area contributed by atoms with Gasteiger partial charge in [-0.1, -0.05) is 0 Å². The molecule has 1 spiro atoms. The summed E-state index contributed by atoms with van der Waals surface area (Å²) in [6, 6.07) is 0. The van der Waals surface area contributed by atoms with E-state index in [1.54, 1.807) is 0 Å². The van der Waals surface area contributed by atoms with E-state index in [9.17, 15) is 0 Å². The molecule has 2 aliphatic rings. The lowest BCUT2D eigenvalue weighted by atomic mass is 10.1. The molecule has 1 aliphatic carbocycles. The Hall–Kier alpha value is -0.0800. The molecule has 1 saturated carbocycles. The SMILES string of the molecule is OC1C[C@]12CCN2. The standard InChI is InChI=1S/C5H9NO/c7-4-3-5(4)1-2-6-5/h4,6-7H,1-3H2/t4?,5-/m1/s1. The van der Waals surface area contributed by atoms with Crippen molar-refractivity contribution in [2.75, 3.05) is 6.54 Å². The van der Waals surface area contributed by atoms with Gasteiger partial charge in [0.05, 0.1) is 6.10 Å². The third-order valence-electron chi connectivity index (χ3n) is 2.08. The van der Waals surface area contributed by atoms with Crippen LogP contribution in [-0.4, -0.2) is 23.3 Å². The highest BCUT2D eigenvalue weighted by Crippen LogP contribution is 2.43. The predicted octanol–water partition coefficient (Wildman–Crippen LogP) is -0.517. The van der Waals surface area contributed by atoms with Crippen molar-refractivity contribution in [2.45, 2.75) is 24.5 Å². The van der Waals surface area contributed by atoms with Crippen molar-refractivity contribution in [1.29, 1.82) is 0 Å². The van der Waals surface area contributed by atoms with E-state index in [0.717, 1.165) is 13.0 Å². The fraction of sp³-hybridized carbons (Fsp3) is 1.00. The number of aliphatic hydroxyl groups excluding tert-OH is 1. The van der Waals surface area contributed by atoms with E-state index in [4.69, 9.17) is 5.11 Å². The van der Waals surface area contributed by atoms with Gasteiger partial charge in [-0.05, 0) is 19.4 Å². The van der Waals surface area contributed by atoms with Crippen LogP contribution >= 0.6 is 0 Å². The van der Waals surface area contributed by atoms with Crippen LogP contribution in [-0.2, 0) is 0 Å². The van der Waals surface area contributed by atoms with E-state index >= 15 is 0 Å². The smallest absolute Gasteiger partial charge is 0.0741 e. The van der Waals surface area contributed by atoms with Gasteiger partial charge in [0.2, 0.25) is 0 Å². The third kappa shape index (κ3) is 0.318. The van der Waals surface area contributed by atoms with Crippen molar-refractivity contribution in [3.63, 3.8) is 0 Å². The van der Waals surface area contributed by atoms with Crippen molar-refractivity contribution < 1.29 is 5.11 Å². The molecule has 1 unspecified atom stereocenters. The molecule has 2 nitrogen and oxygen atoms in total. The lowest BCUT2D eigenvalue weighted by molar-refractivity contribution is 0.195. The molecule has 40 valence electrons. The Morgan fingerprint density at radius 3 is 2.29 bits per heavy atom. The van der Waals surface area contributed by atoms with E-state index in [0.29, 0.717) is 0 Å². The summed E-state index contributed by atoms with van der Waals surface area (Å²) >= 11 is 0. The van der Waals surface area contributed by atoms with Gasteiger partial charge in [-0.25, -0.2) is 0 Å². The second-order valence-corrected chi connectivity index (χ2v) is 2.55. The maximum absolute atomic E-state index is 8.87. The molecule has 1 heterocycles. The Kier molecular flexibility index (Phi) is 0.474. The molecular formula is C5H9NO. The molecule has 2 heteroatoms. The summed E-state index contributed by atoms with van der Waals surface area (Å²) < 4.78 is 0. The normalized spacial score (nSPS) is 57.0. The van der Waals surface area contributed by atoms with Gasteiger partial charge in [0.25, 0.3) is 0 Å². The summed E-state index contributed by atoms with van der Waals surface area (Å²) in [7, 11) is 0. The van der Waals surface area contributed by atoms with Gasteiger partial charge in [-0.2, -0.15) is 0 Å². The molecule has 2 N–H and O–H groups in total. The van der Waals surface area contributed by atoms with Crippen LogP contribution in [0.5, 0.6) is 0 Å². The first-order chi connectivity index (χ1) is 3.33. The molecule has 0 aromatic rings. The highest BCUT2D eigenvalue weighted by atomic mass is 16.3. The zero-order valence-electron chi connectivity index (χ0n) is 4.15. The van der Waals surface area contributed by atoms with Crippen molar-refractivity contribution in [1.82, 2.24) is 5.32 Å². The summed E-state index contributed by atoms with van der Waals surface area (Å²) in [6.07, 6.45) is 2.17. The summed E-state index contributed by atoms with van der Waals surface area (Å²) in [5.74, 6) is 0. The zero-order valence-corrected chi connectivity index (χ0v) is 4.15. The van der Waals surface area contributed by atoms with Crippen LogP contribution in [0.25, 0.3) is 0 Å². The fourth-order valence-corrected chi connectivity index (χ4v) is 1.19. The van der Waals surface area contributed by atoms with E-state index in [1.165, 1.54) is 6.42 Å². The second-order valence-electron chi connectivity index (χ2n) is 2.55. The van der Waals surface area contributed by atoms with Crippen molar-refractivity contribution in [3.05, 3.63) is 0 Å². The van der Waals surface area contributed by atoms with Crippen LogP contribution in [0.15, 0.2) is 0 Å². The first kappa shape index (κ1) is 3.87. The Morgan fingerprint density at radius 2 is 2.29 bits per heavy atom. The van der Waals surface area contributed by atoms with Crippen LogP contribution in [0.3, 0.4) is 0 Å². The molecule has 1 saturated heterocycles. The highest BCUT2D eigenvalue weighted by Gasteiger charge is 2.57. The van der Waals surface area contributed by atoms with Crippen molar-refractivity contribution in [2.24, 2.45) is 0 Å². The van der Waals surface area contributed by atoms with E-state index in [-0.39, 0.29) is 11.6 Å². The van der Waals surface area contributed by atoms with Gasteiger partial charge in [0.15, 0.2) is 0 Å². The Balaban J connectivity index is 2.05. The number of aliphatic hydroxyl groups is 1. The predicted molar refractivity (Wildman–Crippen MR) is 26.0 cm³/mol. The average molecular weight is 99.1 g/mol. The molecule has 0 bridgehead atoms. The van der Waals surface area contributed by atoms with Gasteiger partial charge >= 0.3 is 0 Å². The van der Waals surface area contributed by atoms with E-state index < -0.39 is 0 Å². The number of hydrogen-bond acceptors (Lipinski definition) is 2. The highest BCUT2D eigenvalue weighted by molar-refractivity contribution is 5.16. The largest absolute Gasteiger partial charge is 0.391 e. The number of nitrogens with one attached hydrogen (secondary N) is 1. The molecule has 1 aliphatic heterocycles. The molecule has 2 fully saturated rings. The van der Waals surface area contributed by atoms with Crippen LogP contribution in [0.4, 0.5) is 0 Å². The average Bonchev–Trinajstić information content (AvgIpc) is 2.10. The minimum Gasteiger partial charge on any atom is -0.391 e. The van der Waals surface area contributed by atoms with Crippen molar-refractivity contribution >= 4 is 0 Å². The Morgan fingerprint density at radius 1 is 1.71 bits per heavy atom. The second kappa shape index (κ2) is 0.858. The molecule has 0 aromatic heterocycles. The maximum Gasteiger partial charge on any atom is 0.0741 e. The summed E-state index contributed by atoms with van der Waals surface area (Å²) in [4.78, 5) is 0. The molecule has 0 aromatic carbocycles. The van der Waals surface area contributed by atoms with Crippen LogP contribution in [0.1, 0.15) is 12.8 Å². The van der Waals surface area contributed by atoms with Crippen molar-refractivity contribution in [3.8, 4) is 0 Å². The van der Waals surface area contributed by atoms with Gasteiger partial charge in [0, 0.05) is 5.54 Å². The minimum absolute atomic E-state index is 0.0127. The first-order valence-corrected chi connectivity index (χ1v) is 2.77. The van der Waals surface area contributed by atoms with Gasteiger partial charge in [0.1, 0.15) is 0 Å². The quantitative estimate of drug-likeness (QED) is 0.428. The van der Waals surface area contributed by atoms with Gasteiger partial charge < -0.3 is 10.4 Å². The minimum atomic E-state index is -0.0127. The summed E-state index contributed by atoms with van der Waals surface area (Å²) in [5, 5.41) is 12.1. The summed E-state index contributed by atoms with van der Waals surface area (Å²) in [6.45, 7) is 1.11. The molecule has 2 rings (SSSR count). The lowest BCUT2D eigenvalue weighted by Crippen LogP contribution is -2.48. The van der Waals surface area contributed by atoms with Gasteiger partial charge in [-0.15, -0.1) is 0 Å². The van der Waals surface area contributed by atoms with E-state index in [1.807, 2.05) is 0 Å². The lowest BCUT2D eigenvalue weighted by Gasteiger charge is -2.27. The molecule has 7 heavy (non-hydrogen) atoms. The summed E-state index contributed by atoms with van der Waals surface area (Å²) in [5.41, 5.74) is 0.236. The Bertz CT molecular complexity index is 92.7. The van der Waals surface area contributed by atoms with Crippen LogP contribution < -0.4 is 5.32 Å². The molecule has 2 atom stereocenters. The molecular weight excluding hydrogens is 90.1 g/mol.